The van der Waals surface area contributed by atoms with Gasteiger partial charge in [-0.05, 0) is 55.9 Å². The van der Waals surface area contributed by atoms with Gasteiger partial charge in [0.15, 0.2) is 40.7 Å². The first-order valence-corrected chi connectivity index (χ1v) is 14.4. The van der Waals surface area contributed by atoms with Crippen molar-refractivity contribution in [3.05, 3.63) is 46.3 Å². The number of rotatable bonds is 15. The van der Waals surface area contributed by atoms with E-state index in [0.29, 0.717) is 24.2 Å². The summed E-state index contributed by atoms with van der Waals surface area (Å²) in [7, 11) is 0. The van der Waals surface area contributed by atoms with Crippen molar-refractivity contribution in [2.75, 3.05) is 26.4 Å². The number of hydrogen-bond acceptors (Lipinski definition) is 8. The number of nitrogens with one attached hydrogen (secondary N) is 1. The number of amidine groups is 1. The molecule has 240 valence electrons. The lowest BCUT2D eigenvalue weighted by Gasteiger charge is -2.27. The van der Waals surface area contributed by atoms with E-state index < -0.39 is 23.3 Å². The Balaban J connectivity index is 0.00000675. The predicted molar refractivity (Wildman–Crippen MR) is 168 cm³/mol. The summed E-state index contributed by atoms with van der Waals surface area (Å²) in [5.41, 5.74) is 0.854. The molecule has 2 N–H and O–H groups in total. The van der Waals surface area contributed by atoms with Crippen LogP contribution in [-0.2, 0) is 16.8 Å². The van der Waals surface area contributed by atoms with Gasteiger partial charge < -0.3 is 29.0 Å². The summed E-state index contributed by atoms with van der Waals surface area (Å²) in [6, 6.07) is 6.86. The Morgan fingerprint density at radius 2 is 1.75 bits per heavy atom. The number of benzene rings is 2. The van der Waals surface area contributed by atoms with E-state index in [1.165, 1.54) is 11.0 Å². The monoisotopic (exact) mass is 677 g/mol. The second-order valence-electron chi connectivity index (χ2n) is 11.1. The van der Waals surface area contributed by atoms with Gasteiger partial charge in [-0.2, -0.15) is 5.26 Å². The summed E-state index contributed by atoms with van der Waals surface area (Å²) >= 11 is 0. The minimum atomic E-state index is -1.13. The minimum Gasteiger partial charge on any atom is -0.490 e. The van der Waals surface area contributed by atoms with Crippen LogP contribution in [0.3, 0.4) is 0 Å². The van der Waals surface area contributed by atoms with Gasteiger partial charge in [0.25, 0.3) is 0 Å². The molecule has 0 fully saturated rings. The van der Waals surface area contributed by atoms with Crippen molar-refractivity contribution in [3.63, 3.8) is 0 Å². The summed E-state index contributed by atoms with van der Waals surface area (Å²) < 4.78 is 38.5. The zero-order chi connectivity index (χ0) is 31.9. The zero-order valence-electron chi connectivity index (χ0n) is 26.0. The fourth-order valence-corrected chi connectivity index (χ4v) is 4.76. The average molecular weight is 679 g/mol. The number of halogens is 2. The predicted octanol–water partition coefficient (Wildman–Crippen LogP) is 6.45. The lowest BCUT2D eigenvalue weighted by molar-refractivity contribution is -0.145. The molecule has 44 heavy (non-hydrogen) atoms. The van der Waals surface area contributed by atoms with Gasteiger partial charge in [-0.3, -0.25) is 10.2 Å². The van der Waals surface area contributed by atoms with Gasteiger partial charge in [0.1, 0.15) is 5.84 Å². The van der Waals surface area contributed by atoms with Crippen molar-refractivity contribution < 1.29 is 38.0 Å². The molecule has 0 saturated carbocycles. The Morgan fingerprint density at radius 1 is 1.09 bits per heavy atom. The van der Waals surface area contributed by atoms with Crippen molar-refractivity contribution in [2.45, 2.75) is 78.9 Å². The van der Waals surface area contributed by atoms with Crippen molar-refractivity contribution in [1.82, 2.24) is 4.90 Å². The molecule has 1 aliphatic heterocycles. The average Bonchev–Trinajstić information content (AvgIpc) is 3.25. The number of unbranched alkanes of at least 4 members (excludes halogenated alkanes) is 1. The molecule has 10 nitrogen and oxygen atoms in total. The van der Waals surface area contributed by atoms with E-state index >= 15 is 4.39 Å². The van der Waals surface area contributed by atoms with Crippen molar-refractivity contribution in [3.8, 4) is 29.1 Å². The molecule has 0 amide bonds. The number of carboxylic acid groups (broad SMARTS) is 1. The molecular weight excluding hydrogens is 637 g/mol. The summed E-state index contributed by atoms with van der Waals surface area (Å²) in [5.74, 6) is -1.70. The molecule has 0 bridgehead atoms. The molecule has 3 rings (SSSR count). The lowest BCUT2D eigenvalue weighted by atomic mass is 9.84. The van der Waals surface area contributed by atoms with Crippen LogP contribution in [0.1, 0.15) is 87.9 Å². The van der Waals surface area contributed by atoms with Crippen LogP contribution < -0.4 is 18.9 Å². The highest BCUT2D eigenvalue weighted by Gasteiger charge is 2.34. The van der Waals surface area contributed by atoms with E-state index in [2.05, 4.69) is 6.07 Å². The highest BCUT2D eigenvalue weighted by Crippen LogP contribution is 2.42. The van der Waals surface area contributed by atoms with E-state index in [4.69, 9.17) is 29.6 Å². The Bertz CT molecular complexity index is 1420. The molecule has 2 aromatic rings. The van der Waals surface area contributed by atoms with Gasteiger partial charge >= 0.3 is 5.97 Å². The standard InChI is InChI=1S/C32H40FN3O7.BrH/c1-7-23(31(38)39)43-28-21(32(4,5)6)14-19(15-24(28)42-13-11-10-12-34)22(37)18-36-17-20-16-25(40-8-2)29(41-9-3)27(33)26(20)30(36)35;/h14-16,23,35H,7-11,13,17-18H2,1-6H3,(H,38,39);1H. The Morgan fingerprint density at radius 3 is 2.32 bits per heavy atom. The third-order valence-corrected chi connectivity index (χ3v) is 6.89. The van der Waals surface area contributed by atoms with E-state index in [-0.39, 0.29) is 102 Å². The molecule has 0 aromatic heterocycles. The number of Topliss-reactive ketones (excluding diaryl/α,β-unsaturated/α-hetero) is 1. The van der Waals surface area contributed by atoms with Crippen LogP contribution in [0, 0.1) is 22.6 Å². The van der Waals surface area contributed by atoms with E-state index in [0.717, 1.165) is 0 Å². The summed E-state index contributed by atoms with van der Waals surface area (Å²) in [6.07, 6.45) is -0.238. The number of nitriles is 1. The molecule has 0 saturated heterocycles. The van der Waals surface area contributed by atoms with Crippen molar-refractivity contribution >= 4 is 34.6 Å². The molecule has 0 radical (unpaired) electrons. The number of ether oxygens (including phenoxy) is 4. The number of fused-ring (bicyclic) bond motifs is 1. The highest BCUT2D eigenvalue weighted by atomic mass is 79.9. The third-order valence-electron chi connectivity index (χ3n) is 6.89. The van der Waals surface area contributed by atoms with Crippen LogP contribution in [-0.4, -0.2) is 60.1 Å². The normalized spacial score (nSPS) is 13.0. The minimum absolute atomic E-state index is 0. The number of ketones is 1. The molecule has 1 heterocycles. The topological polar surface area (TPSA) is 142 Å². The van der Waals surface area contributed by atoms with Crippen molar-refractivity contribution in [1.29, 1.82) is 10.7 Å². The number of aliphatic carboxylic acids is 1. The van der Waals surface area contributed by atoms with E-state index in [1.807, 2.05) is 20.8 Å². The smallest absolute Gasteiger partial charge is 0.344 e. The quantitative estimate of drug-likeness (QED) is 0.161. The third kappa shape index (κ3) is 8.20. The molecule has 0 spiro atoms. The Hall–Kier alpha value is -3.85. The van der Waals surface area contributed by atoms with Gasteiger partial charge in [0.2, 0.25) is 0 Å². The first-order chi connectivity index (χ1) is 20.4. The second-order valence-corrected chi connectivity index (χ2v) is 11.1. The van der Waals surface area contributed by atoms with Gasteiger partial charge in [0, 0.05) is 24.1 Å². The largest absolute Gasteiger partial charge is 0.490 e. The van der Waals surface area contributed by atoms with Crippen LogP contribution in [0.5, 0.6) is 23.0 Å². The van der Waals surface area contributed by atoms with Crippen LogP contribution in [0.25, 0.3) is 0 Å². The maximum absolute atomic E-state index is 15.5. The number of carboxylic acids is 1. The number of carbonyl (C=O) groups excluding carboxylic acids is 1. The zero-order valence-corrected chi connectivity index (χ0v) is 27.8. The van der Waals surface area contributed by atoms with Crippen LogP contribution >= 0.6 is 17.0 Å². The SMILES string of the molecule is Br.CCOc1cc2c(c(F)c1OCC)C(=N)N(CC(=O)c1cc(OCCCC#N)c(OC(CC)C(=O)O)c(C(C)(C)C)c1)C2. The van der Waals surface area contributed by atoms with E-state index in [1.54, 1.807) is 32.9 Å². The van der Waals surface area contributed by atoms with Gasteiger partial charge in [-0.15, -0.1) is 17.0 Å². The fraction of sp³-hybridized carbons (Fsp3) is 0.500. The maximum atomic E-state index is 15.5. The van der Waals surface area contributed by atoms with Crippen LogP contribution in [0.2, 0.25) is 0 Å². The first kappa shape index (κ1) is 36.3. The molecular formula is C32H41BrFN3O7. The molecule has 12 heteroatoms. The Kier molecular flexibility index (Phi) is 13.0. The molecule has 2 aromatic carbocycles. The van der Waals surface area contributed by atoms with Crippen LogP contribution in [0.4, 0.5) is 4.39 Å². The van der Waals surface area contributed by atoms with Crippen LogP contribution in [0.15, 0.2) is 18.2 Å². The molecule has 0 aliphatic carbocycles. The number of nitrogens with zero attached hydrogens (tertiary/aromatic N) is 2. The highest BCUT2D eigenvalue weighted by molar-refractivity contribution is 8.93. The second kappa shape index (κ2) is 15.7. The number of hydrogen-bond donors (Lipinski definition) is 2. The lowest BCUT2D eigenvalue weighted by Crippen LogP contribution is -2.31. The van der Waals surface area contributed by atoms with Crippen molar-refractivity contribution in [2.24, 2.45) is 0 Å². The van der Waals surface area contributed by atoms with Gasteiger partial charge in [-0.1, -0.05) is 27.7 Å². The summed E-state index contributed by atoms with van der Waals surface area (Å²) in [4.78, 5) is 27.0. The molecule has 1 aliphatic rings. The van der Waals surface area contributed by atoms with E-state index in [9.17, 15) is 14.7 Å². The molecule has 1 unspecified atom stereocenters. The van der Waals surface area contributed by atoms with Gasteiger partial charge in [-0.25, -0.2) is 9.18 Å². The Labute approximate surface area is 268 Å². The first-order valence-electron chi connectivity index (χ1n) is 14.4. The molecule has 1 atom stereocenters. The summed E-state index contributed by atoms with van der Waals surface area (Å²) in [5, 5.41) is 27.3. The summed E-state index contributed by atoms with van der Waals surface area (Å²) in [6.45, 7) is 11.5. The van der Waals surface area contributed by atoms with Gasteiger partial charge in [0.05, 0.1) is 38.0 Å². The maximum Gasteiger partial charge on any atom is 0.344 e. The fourth-order valence-electron chi connectivity index (χ4n) is 4.76. The number of carbonyl (C=O) groups is 2.